The van der Waals surface area contributed by atoms with E-state index >= 15 is 4.79 Å². The van der Waals surface area contributed by atoms with E-state index in [0.29, 0.717) is 51.4 Å². The number of carboxylic acid groups (broad SMARTS) is 2. The first-order valence-electron chi connectivity index (χ1n) is 22.4. The number of hydrogen-bond donors (Lipinski definition) is 2. The quantitative estimate of drug-likeness (QED) is 0.0447. The second-order valence-electron chi connectivity index (χ2n) is 15.2. The normalized spacial score (nSPS) is 15.7. The number of hydrogen-bond acceptors (Lipinski definition) is 10. The van der Waals surface area contributed by atoms with Crippen LogP contribution in [-0.4, -0.2) is 98.2 Å². The molecule has 0 amide bonds. The van der Waals surface area contributed by atoms with E-state index in [4.69, 9.17) is 37.9 Å². The number of carboxylic acids is 2. The Morgan fingerprint density at radius 3 is 0.982 bits per heavy atom. The van der Waals surface area contributed by atoms with Gasteiger partial charge in [-0.3, -0.25) is 9.59 Å². The number of aliphatic carboxylic acids is 2. The molecule has 2 N–H and O–H groups in total. The summed E-state index contributed by atoms with van der Waals surface area (Å²) in [4.78, 5) is 27.3. The molecule has 334 valence electrons. The predicted molar refractivity (Wildman–Crippen MR) is 221 cm³/mol. The van der Waals surface area contributed by atoms with Crippen LogP contribution in [0.1, 0.15) is 191 Å². The van der Waals surface area contributed by atoms with Crippen molar-refractivity contribution in [3.05, 3.63) is 0 Å². The molecule has 0 aromatic rings. The maximum atomic E-state index is 15.1. The molecule has 0 bridgehead atoms. The van der Waals surface area contributed by atoms with Crippen LogP contribution in [0.25, 0.3) is 0 Å². The highest BCUT2D eigenvalue weighted by atomic mass is 16.8. The number of unbranched alkanes of at least 4 members (excludes halogenated alkanes) is 8. The predicted octanol–water partition coefficient (Wildman–Crippen LogP) is 10.7. The van der Waals surface area contributed by atoms with Crippen molar-refractivity contribution in [1.29, 1.82) is 0 Å². The fraction of sp³-hybridized carbons (Fsp3) is 0.955. The van der Waals surface area contributed by atoms with E-state index in [1.54, 1.807) is 13.8 Å². The summed E-state index contributed by atoms with van der Waals surface area (Å²) in [6, 6.07) is 0. The zero-order valence-electron chi connectivity index (χ0n) is 37.6. The fourth-order valence-electron chi connectivity index (χ4n) is 7.30. The summed E-state index contributed by atoms with van der Waals surface area (Å²) in [6.45, 7) is 20.5. The van der Waals surface area contributed by atoms with Gasteiger partial charge in [0.1, 0.15) is 0 Å². The van der Waals surface area contributed by atoms with E-state index < -0.39 is 40.5 Å². The molecular formula is C44H86O12. The van der Waals surface area contributed by atoms with Gasteiger partial charge < -0.3 is 48.1 Å². The van der Waals surface area contributed by atoms with Crippen LogP contribution >= 0.6 is 0 Å². The number of ether oxygens (including phenoxy) is 8. The monoisotopic (exact) mass is 807 g/mol. The molecule has 0 heterocycles. The second-order valence-corrected chi connectivity index (χ2v) is 15.2. The lowest BCUT2D eigenvalue weighted by molar-refractivity contribution is -0.507. The summed E-state index contributed by atoms with van der Waals surface area (Å²) < 4.78 is 55.1. The van der Waals surface area contributed by atoms with Gasteiger partial charge in [0.25, 0.3) is 0 Å². The van der Waals surface area contributed by atoms with E-state index in [1.165, 1.54) is 0 Å². The second kappa shape index (κ2) is 30.6. The van der Waals surface area contributed by atoms with Gasteiger partial charge in [-0.05, 0) is 78.1 Å². The van der Waals surface area contributed by atoms with Crippen LogP contribution in [-0.2, 0) is 47.5 Å². The Bertz CT molecular complexity index is 919. The fourth-order valence-corrected chi connectivity index (χ4v) is 7.30. The van der Waals surface area contributed by atoms with E-state index in [-0.39, 0.29) is 72.1 Å². The van der Waals surface area contributed by atoms with Crippen LogP contribution in [0.2, 0.25) is 0 Å². The Morgan fingerprint density at radius 1 is 0.393 bits per heavy atom. The van der Waals surface area contributed by atoms with Gasteiger partial charge in [-0.15, -0.1) is 0 Å². The summed E-state index contributed by atoms with van der Waals surface area (Å²) in [6.07, 6.45) is 12.1. The molecule has 0 radical (unpaired) electrons. The van der Waals surface area contributed by atoms with E-state index in [1.807, 2.05) is 41.5 Å². The van der Waals surface area contributed by atoms with E-state index in [9.17, 15) is 15.0 Å². The maximum Gasteiger partial charge on any atom is 0.321 e. The Morgan fingerprint density at radius 2 is 0.696 bits per heavy atom. The Labute approximate surface area is 341 Å². The average Bonchev–Trinajstić information content (AvgIpc) is 3.18. The minimum Gasteiger partial charge on any atom is -0.481 e. The van der Waals surface area contributed by atoms with Crippen LogP contribution in [0.4, 0.5) is 0 Å². The first-order valence-corrected chi connectivity index (χ1v) is 22.4. The zero-order chi connectivity index (χ0) is 42.4. The van der Waals surface area contributed by atoms with Crippen molar-refractivity contribution in [2.75, 3.05) is 52.9 Å². The Kier molecular flexibility index (Phi) is 29.9. The van der Waals surface area contributed by atoms with Gasteiger partial charge >= 0.3 is 11.9 Å². The van der Waals surface area contributed by atoms with Gasteiger partial charge in [0.05, 0.1) is 39.6 Å². The van der Waals surface area contributed by atoms with E-state index in [0.717, 1.165) is 51.4 Å². The van der Waals surface area contributed by atoms with Crippen LogP contribution in [0.3, 0.4) is 0 Å². The van der Waals surface area contributed by atoms with Gasteiger partial charge in [0, 0.05) is 19.6 Å². The third kappa shape index (κ3) is 15.3. The van der Waals surface area contributed by atoms with Gasteiger partial charge in [0.15, 0.2) is 5.41 Å². The van der Waals surface area contributed by atoms with Crippen LogP contribution in [0.15, 0.2) is 0 Å². The smallest absolute Gasteiger partial charge is 0.321 e. The van der Waals surface area contributed by atoms with Gasteiger partial charge in [-0.25, -0.2) is 0 Å². The summed E-state index contributed by atoms with van der Waals surface area (Å²) >= 11 is 0. The molecule has 0 aliphatic carbocycles. The molecule has 0 rings (SSSR count). The minimum atomic E-state index is -2.42. The topological polar surface area (TPSA) is 148 Å². The molecule has 0 aromatic heterocycles. The third-order valence-corrected chi connectivity index (χ3v) is 10.1. The zero-order valence-corrected chi connectivity index (χ0v) is 37.6. The van der Waals surface area contributed by atoms with E-state index in [2.05, 4.69) is 13.8 Å². The lowest BCUT2D eigenvalue weighted by Crippen LogP contribution is -2.82. The molecular weight excluding hydrogens is 720 g/mol. The molecule has 0 saturated carbocycles. The summed E-state index contributed by atoms with van der Waals surface area (Å²) in [5, 5.41) is 22.3. The van der Waals surface area contributed by atoms with Crippen molar-refractivity contribution < 1.29 is 57.7 Å². The highest BCUT2D eigenvalue weighted by Crippen LogP contribution is 2.61. The molecule has 0 spiro atoms. The molecule has 2 atom stereocenters. The lowest BCUT2D eigenvalue weighted by Gasteiger charge is -2.62. The van der Waals surface area contributed by atoms with Crippen LogP contribution in [0, 0.1) is 5.41 Å². The van der Waals surface area contributed by atoms with Crippen molar-refractivity contribution in [1.82, 2.24) is 0 Å². The standard InChI is InChI=1S/C44H86O12/c1-11-19-21-23-25-36-51-40(9,49-30-13-3)43(53-32-15-5,54-33-16-6)42(39(47)48,29-27-28-38(45)46)44(55-34-17-7,56-35-18-8)41(10,50-31-14-4)52-37-26-24-22-20-12-2/h11-37H2,1-10H3,(H,45,46)(H,47,48). The number of carbonyl (C=O) groups is 2. The lowest BCUT2D eigenvalue weighted by atomic mass is 9.62. The van der Waals surface area contributed by atoms with Crippen molar-refractivity contribution in [2.45, 2.75) is 214 Å². The number of rotatable bonds is 41. The van der Waals surface area contributed by atoms with Crippen molar-refractivity contribution in [3.8, 4) is 0 Å². The molecule has 56 heavy (non-hydrogen) atoms. The van der Waals surface area contributed by atoms with Crippen molar-refractivity contribution >= 4 is 11.9 Å². The molecule has 0 fully saturated rings. The highest BCUT2D eigenvalue weighted by molar-refractivity contribution is 5.78. The molecule has 0 aromatic carbocycles. The molecule has 0 saturated heterocycles. The molecule has 0 aliphatic rings. The highest BCUT2D eigenvalue weighted by Gasteiger charge is 2.83. The minimum absolute atomic E-state index is 0.0606. The summed E-state index contributed by atoms with van der Waals surface area (Å²) in [5.74, 6) is -10.8. The van der Waals surface area contributed by atoms with Gasteiger partial charge in [-0.2, -0.15) is 0 Å². The largest absolute Gasteiger partial charge is 0.481 e. The van der Waals surface area contributed by atoms with Crippen LogP contribution in [0.5, 0.6) is 0 Å². The maximum absolute atomic E-state index is 15.1. The molecule has 0 aliphatic heterocycles. The van der Waals surface area contributed by atoms with Crippen molar-refractivity contribution in [3.63, 3.8) is 0 Å². The first-order chi connectivity index (χ1) is 26.8. The van der Waals surface area contributed by atoms with Crippen LogP contribution < -0.4 is 0 Å². The third-order valence-electron chi connectivity index (χ3n) is 10.1. The van der Waals surface area contributed by atoms with Gasteiger partial charge in [0.2, 0.25) is 23.1 Å². The first kappa shape index (κ1) is 54.6. The summed E-state index contributed by atoms with van der Waals surface area (Å²) in [5.41, 5.74) is -2.42. The Balaban J connectivity index is 8.77. The Hall–Kier alpha value is -1.38. The van der Waals surface area contributed by atoms with Crippen molar-refractivity contribution in [2.24, 2.45) is 5.41 Å². The molecule has 12 nitrogen and oxygen atoms in total. The molecule has 12 heteroatoms. The SMILES string of the molecule is CCCCCCCOC(C)(OCCC)C(OCCC)(OCCC)C(CCCC(=O)O)(C(=O)O)C(OCCC)(OCCC)C(C)(OCCC)OCCCCCCC. The summed E-state index contributed by atoms with van der Waals surface area (Å²) in [7, 11) is 0. The molecule has 2 unspecified atom stereocenters. The van der Waals surface area contributed by atoms with Gasteiger partial charge in [-0.1, -0.05) is 107 Å². The average molecular weight is 807 g/mol.